The van der Waals surface area contributed by atoms with Gasteiger partial charge in [-0.05, 0) is 71.7 Å². The standard InChI is InChI=1S/C22H35N5OS.HI/c1-15(12-20-7-6-16(2)29-20)25-22(23-5)24-13-19-8-10-27(11-9-19)14-21-26-17(3)18(4)28-21;/h6-7,15,19H,8-14H2,1-5H3,(H2,23,24,25);1H. The van der Waals surface area contributed by atoms with E-state index in [4.69, 9.17) is 4.42 Å². The fraction of sp³-hybridized carbons (Fsp3) is 0.636. The molecule has 3 rings (SSSR count). The molecule has 2 N–H and O–H groups in total. The summed E-state index contributed by atoms with van der Waals surface area (Å²) in [5.41, 5.74) is 1.00. The van der Waals surface area contributed by atoms with Gasteiger partial charge < -0.3 is 15.1 Å². The Labute approximate surface area is 202 Å². The number of hydrogen-bond acceptors (Lipinski definition) is 5. The third-order valence-electron chi connectivity index (χ3n) is 5.61. The van der Waals surface area contributed by atoms with Gasteiger partial charge in [-0.1, -0.05) is 0 Å². The Balaban J connectivity index is 0.00000320. The van der Waals surface area contributed by atoms with Crippen molar-refractivity contribution in [3.8, 4) is 0 Å². The van der Waals surface area contributed by atoms with E-state index in [1.807, 2.05) is 32.2 Å². The van der Waals surface area contributed by atoms with Crippen molar-refractivity contribution in [1.29, 1.82) is 0 Å². The molecule has 3 heterocycles. The molecular weight excluding hydrogens is 509 g/mol. The minimum absolute atomic E-state index is 0. The van der Waals surface area contributed by atoms with Gasteiger partial charge in [-0.3, -0.25) is 9.89 Å². The molecule has 0 aromatic carbocycles. The van der Waals surface area contributed by atoms with Crippen LogP contribution < -0.4 is 10.6 Å². The minimum Gasteiger partial charge on any atom is -0.444 e. The molecule has 1 fully saturated rings. The molecule has 0 bridgehead atoms. The van der Waals surface area contributed by atoms with Gasteiger partial charge in [-0.15, -0.1) is 35.3 Å². The molecule has 0 aliphatic carbocycles. The number of thiophene rings is 1. The van der Waals surface area contributed by atoms with Gasteiger partial charge in [0, 0.05) is 35.8 Å². The van der Waals surface area contributed by atoms with Crippen molar-refractivity contribution in [3.63, 3.8) is 0 Å². The Bertz CT molecular complexity index is 791. The van der Waals surface area contributed by atoms with Crippen LogP contribution in [0.2, 0.25) is 0 Å². The first kappa shape index (κ1) is 25.1. The Morgan fingerprint density at radius 3 is 2.60 bits per heavy atom. The largest absolute Gasteiger partial charge is 0.444 e. The number of piperidine rings is 1. The van der Waals surface area contributed by atoms with E-state index in [9.17, 15) is 0 Å². The zero-order chi connectivity index (χ0) is 20.8. The van der Waals surface area contributed by atoms with Crippen LogP contribution in [0.1, 0.15) is 46.9 Å². The number of aromatic nitrogens is 1. The summed E-state index contributed by atoms with van der Waals surface area (Å²) in [6, 6.07) is 4.77. The average molecular weight is 546 g/mol. The maximum Gasteiger partial charge on any atom is 0.208 e. The lowest BCUT2D eigenvalue weighted by Gasteiger charge is -2.31. The highest BCUT2D eigenvalue weighted by Crippen LogP contribution is 2.19. The molecule has 1 aliphatic rings. The van der Waals surface area contributed by atoms with Crippen molar-refractivity contribution < 1.29 is 4.42 Å². The first-order chi connectivity index (χ1) is 13.9. The van der Waals surface area contributed by atoms with Crippen molar-refractivity contribution >= 4 is 41.3 Å². The van der Waals surface area contributed by atoms with E-state index >= 15 is 0 Å². The molecular formula is C22H36IN5OS. The quantitative estimate of drug-likeness (QED) is 0.309. The van der Waals surface area contributed by atoms with Gasteiger partial charge in [0.2, 0.25) is 5.89 Å². The lowest BCUT2D eigenvalue weighted by molar-refractivity contribution is 0.164. The van der Waals surface area contributed by atoms with Crippen molar-refractivity contribution in [1.82, 2.24) is 20.5 Å². The fourth-order valence-corrected chi connectivity index (χ4v) is 4.78. The monoisotopic (exact) mass is 545 g/mol. The van der Waals surface area contributed by atoms with Crippen molar-refractivity contribution in [3.05, 3.63) is 39.2 Å². The van der Waals surface area contributed by atoms with Crippen LogP contribution in [0.25, 0.3) is 0 Å². The number of halogens is 1. The molecule has 2 aromatic heterocycles. The first-order valence-corrected chi connectivity index (χ1v) is 11.4. The molecule has 2 aromatic rings. The number of aliphatic imine (C=N–C) groups is 1. The first-order valence-electron chi connectivity index (χ1n) is 10.6. The van der Waals surface area contributed by atoms with Crippen LogP contribution in [-0.4, -0.2) is 48.6 Å². The third-order valence-corrected chi connectivity index (χ3v) is 6.63. The summed E-state index contributed by atoms with van der Waals surface area (Å²) in [5.74, 6) is 3.35. The molecule has 6 nitrogen and oxygen atoms in total. The normalized spacial score (nSPS) is 16.9. The van der Waals surface area contributed by atoms with Gasteiger partial charge in [-0.25, -0.2) is 4.98 Å². The zero-order valence-corrected chi connectivity index (χ0v) is 22.0. The highest BCUT2D eigenvalue weighted by Gasteiger charge is 2.21. The molecule has 1 unspecified atom stereocenters. The van der Waals surface area contributed by atoms with Crippen LogP contribution in [0, 0.1) is 26.7 Å². The van der Waals surface area contributed by atoms with Gasteiger partial charge in [-0.2, -0.15) is 0 Å². The predicted octanol–water partition coefficient (Wildman–Crippen LogP) is 4.29. The van der Waals surface area contributed by atoms with E-state index in [0.717, 1.165) is 55.9 Å². The van der Waals surface area contributed by atoms with Gasteiger partial charge in [0.05, 0.1) is 12.2 Å². The fourth-order valence-electron chi connectivity index (χ4n) is 3.76. The Morgan fingerprint density at radius 1 is 1.30 bits per heavy atom. The van der Waals surface area contributed by atoms with E-state index in [1.165, 1.54) is 22.6 Å². The SMILES string of the molecule is CN=C(NCC1CCN(Cc2nc(C)c(C)o2)CC1)NC(C)Cc1ccc(C)s1.I. The highest BCUT2D eigenvalue weighted by molar-refractivity contribution is 14.0. The van der Waals surface area contributed by atoms with Crippen LogP contribution >= 0.6 is 35.3 Å². The lowest BCUT2D eigenvalue weighted by atomic mass is 9.97. The molecule has 8 heteroatoms. The van der Waals surface area contributed by atoms with Gasteiger partial charge in [0.1, 0.15) is 5.76 Å². The van der Waals surface area contributed by atoms with Crippen LogP contribution in [0.3, 0.4) is 0 Å². The number of likely N-dealkylation sites (tertiary alicyclic amines) is 1. The molecule has 0 saturated carbocycles. The lowest BCUT2D eigenvalue weighted by Crippen LogP contribution is -2.46. The molecule has 1 atom stereocenters. The number of nitrogens with one attached hydrogen (secondary N) is 2. The third kappa shape index (κ3) is 7.53. The summed E-state index contributed by atoms with van der Waals surface area (Å²) in [4.78, 5) is 14.1. The summed E-state index contributed by atoms with van der Waals surface area (Å²) < 4.78 is 5.73. The van der Waals surface area contributed by atoms with Crippen LogP contribution in [0.15, 0.2) is 21.5 Å². The number of aryl methyl sites for hydroxylation is 3. The molecule has 0 amide bonds. The van der Waals surface area contributed by atoms with Crippen LogP contribution in [0.5, 0.6) is 0 Å². The van der Waals surface area contributed by atoms with E-state index in [1.54, 1.807) is 0 Å². The summed E-state index contributed by atoms with van der Waals surface area (Å²) in [6.45, 7) is 12.3. The molecule has 0 spiro atoms. The maximum atomic E-state index is 5.73. The number of nitrogens with zero attached hydrogens (tertiary/aromatic N) is 3. The van der Waals surface area contributed by atoms with Crippen LogP contribution in [0.4, 0.5) is 0 Å². The molecule has 30 heavy (non-hydrogen) atoms. The Kier molecular flexibility index (Phi) is 10.1. The smallest absolute Gasteiger partial charge is 0.208 e. The van der Waals surface area contributed by atoms with Gasteiger partial charge in [0.25, 0.3) is 0 Å². The molecule has 168 valence electrons. The molecule has 0 radical (unpaired) electrons. The van der Waals surface area contributed by atoms with E-state index in [2.05, 4.69) is 51.5 Å². The number of guanidine groups is 1. The summed E-state index contributed by atoms with van der Waals surface area (Å²) in [5, 5.41) is 7.06. The molecule has 1 saturated heterocycles. The van der Waals surface area contributed by atoms with Crippen molar-refractivity contribution in [2.24, 2.45) is 10.9 Å². The minimum atomic E-state index is 0. The van der Waals surface area contributed by atoms with Crippen molar-refractivity contribution in [2.45, 2.75) is 59.5 Å². The Hall–Kier alpha value is -1.13. The number of oxazole rings is 1. The second-order valence-corrected chi connectivity index (χ2v) is 9.56. The number of rotatable bonds is 7. The summed E-state index contributed by atoms with van der Waals surface area (Å²) in [7, 11) is 1.85. The topological polar surface area (TPSA) is 65.7 Å². The highest BCUT2D eigenvalue weighted by atomic mass is 127. The zero-order valence-electron chi connectivity index (χ0n) is 18.8. The summed E-state index contributed by atoms with van der Waals surface area (Å²) in [6.07, 6.45) is 3.40. The second-order valence-electron chi connectivity index (χ2n) is 8.18. The molecule has 1 aliphatic heterocycles. The van der Waals surface area contributed by atoms with E-state index in [0.29, 0.717) is 12.0 Å². The van der Waals surface area contributed by atoms with Crippen molar-refractivity contribution in [2.75, 3.05) is 26.7 Å². The van der Waals surface area contributed by atoms with E-state index < -0.39 is 0 Å². The van der Waals surface area contributed by atoms with Gasteiger partial charge in [0.15, 0.2) is 5.96 Å². The van der Waals surface area contributed by atoms with E-state index in [-0.39, 0.29) is 24.0 Å². The number of hydrogen-bond donors (Lipinski definition) is 2. The second kappa shape index (κ2) is 12.0. The van der Waals surface area contributed by atoms with Gasteiger partial charge >= 0.3 is 0 Å². The average Bonchev–Trinajstić information content (AvgIpc) is 3.24. The predicted molar refractivity (Wildman–Crippen MR) is 136 cm³/mol. The summed E-state index contributed by atoms with van der Waals surface area (Å²) >= 11 is 1.87. The van der Waals surface area contributed by atoms with Crippen LogP contribution in [-0.2, 0) is 13.0 Å². The Morgan fingerprint density at radius 2 is 2.03 bits per heavy atom. The maximum absolute atomic E-state index is 5.73.